The number of aliphatic hydroxyl groups is 1. The number of ether oxygens (including phenoxy) is 1. The van der Waals surface area contributed by atoms with Gasteiger partial charge in [0.05, 0.1) is 23.8 Å². The average Bonchev–Trinajstić information content (AvgIpc) is 3.70. The van der Waals surface area contributed by atoms with Crippen LogP contribution in [-0.2, 0) is 32.0 Å². The maximum atomic E-state index is 14.2. The van der Waals surface area contributed by atoms with E-state index in [1.807, 2.05) is 49.5 Å². The second-order valence-electron chi connectivity index (χ2n) is 13.1. The minimum Gasteiger partial charge on any atom is -0.363 e. The molecule has 3 saturated heterocycles. The molecule has 0 saturated carbocycles. The lowest BCUT2D eigenvalue weighted by atomic mass is 9.72. The maximum absolute atomic E-state index is 14.2. The fourth-order valence-electron chi connectivity index (χ4n) is 8.59. The number of H-pyrrole nitrogens is 1. The van der Waals surface area contributed by atoms with Crippen molar-refractivity contribution in [2.75, 3.05) is 20.1 Å². The van der Waals surface area contributed by atoms with Gasteiger partial charge in [-0.2, -0.15) is 0 Å². The van der Waals surface area contributed by atoms with Crippen molar-refractivity contribution in [3.05, 3.63) is 77.5 Å². The largest absolute Gasteiger partial charge is 0.363 e. The lowest BCUT2D eigenvalue weighted by Gasteiger charge is -2.46. The second kappa shape index (κ2) is 9.35. The minimum atomic E-state index is -1.88. The quantitative estimate of drug-likeness (QED) is 0.437. The fraction of sp³-hybridized carbons (Fsp3) is 0.441. The number of aromatic nitrogens is 1. The lowest BCUT2D eigenvalue weighted by molar-refractivity contribution is -0.281. The van der Waals surface area contributed by atoms with Crippen molar-refractivity contribution in [2.45, 2.75) is 56.2 Å². The van der Waals surface area contributed by atoms with Crippen LogP contribution in [0.25, 0.3) is 16.5 Å². The number of likely N-dealkylation sites (N-methyl/N-ethyl adjacent to an activating group) is 1. The molecule has 3 aromatic rings. The number of carbonyl (C=O) groups is 3. The van der Waals surface area contributed by atoms with E-state index in [-0.39, 0.29) is 17.9 Å². The Labute approximate surface area is 249 Å². The number of hydrogen-bond donors (Lipinski definition) is 3. The van der Waals surface area contributed by atoms with Crippen molar-refractivity contribution in [3.63, 3.8) is 0 Å². The number of rotatable bonds is 4. The number of fused-ring (bicyclic) bond motifs is 5. The van der Waals surface area contributed by atoms with Gasteiger partial charge in [0.25, 0.3) is 0 Å². The Balaban J connectivity index is 1.11. The zero-order chi connectivity index (χ0) is 29.7. The summed E-state index contributed by atoms with van der Waals surface area (Å²) in [6.45, 7) is 2.53. The summed E-state index contributed by atoms with van der Waals surface area (Å²) in [5.41, 5.74) is 3.73. The van der Waals surface area contributed by atoms with Crippen LogP contribution in [0.1, 0.15) is 36.5 Å². The highest BCUT2D eigenvalue weighted by atomic mass is 16.7. The molecule has 5 aliphatic rings. The summed E-state index contributed by atoms with van der Waals surface area (Å²) < 4.78 is 6.30. The molecular formula is C34H36N4O5. The third kappa shape index (κ3) is 3.84. The number of Topliss-reactive ketones (excluding diaryl/α,β-unsaturated/α-hetero) is 1. The zero-order valence-corrected chi connectivity index (χ0v) is 24.4. The maximum Gasteiger partial charge on any atom is 0.230 e. The van der Waals surface area contributed by atoms with E-state index in [9.17, 15) is 19.5 Å². The fourth-order valence-corrected chi connectivity index (χ4v) is 8.59. The number of hydrogen-bond acceptors (Lipinski definition) is 6. The number of nitrogens with one attached hydrogen (secondary N) is 2. The van der Waals surface area contributed by atoms with Gasteiger partial charge in [-0.1, -0.05) is 48.5 Å². The third-order valence-corrected chi connectivity index (χ3v) is 10.6. The predicted molar refractivity (Wildman–Crippen MR) is 159 cm³/mol. The molecule has 0 radical (unpaired) electrons. The van der Waals surface area contributed by atoms with Crippen LogP contribution in [0.5, 0.6) is 0 Å². The first-order chi connectivity index (χ1) is 20.7. The van der Waals surface area contributed by atoms with E-state index in [1.54, 1.807) is 4.90 Å². The number of ketones is 1. The van der Waals surface area contributed by atoms with Gasteiger partial charge >= 0.3 is 0 Å². The van der Waals surface area contributed by atoms with Crippen LogP contribution < -0.4 is 5.32 Å². The number of nitrogens with zero attached hydrogens (tertiary/aromatic N) is 2. The first-order valence-electron chi connectivity index (χ1n) is 15.3. The Morgan fingerprint density at radius 2 is 1.98 bits per heavy atom. The molecule has 5 heterocycles. The van der Waals surface area contributed by atoms with E-state index in [2.05, 4.69) is 33.5 Å². The van der Waals surface area contributed by atoms with E-state index < -0.39 is 41.1 Å². The zero-order valence-electron chi connectivity index (χ0n) is 24.4. The van der Waals surface area contributed by atoms with Crippen LogP contribution in [0.15, 0.2) is 60.8 Å². The lowest BCUT2D eigenvalue weighted by Crippen LogP contribution is -2.64. The highest BCUT2D eigenvalue weighted by Crippen LogP contribution is 2.51. The molecule has 3 fully saturated rings. The highest BCUT2D eigenvalue weighted by molar-refractivity contribution is 6.02. The van der Waals surface area contributed by atoms with Crippen molar-refractivity contribution in [1.29, 1.82) is 0 Å². The molecule has 7 atom stereocenters. The predicted octanol–water partition coefficient (Wildman–Crippen LogP) is 2.64. The second-order valence-corrected chi connectivity index (χ2v) is 13.1. The van der Waals surface area contributed by atoms with Crippen LogP contribution in [0.4, 0.5) is 0 Å². The molecule has 2 unspecified atom stereocenters. The van der Waals surface area contributed by atoms with Gasteiger partial charge in [-0.3, -0.25) is 19.3 Å². The molecule has 3 N–H and O–H groups in total. The normalized spacial score (nSPS) is 35.0. The Bertz CT molecular complexity index is 1700. The van der Waals surface area contributed by atoms with Crippen molar-refractivity contribution in [3.8, 4) is 0 Å². The molecule has 2 amide bonds. The summed E-state index contributed by atoms with van der Waals surface area (Å²) in [5, 5.41) is 16.2. The third-order valence-electron chi connectivity index (χ3n) is 10.6. The molecule has 2 aromatic carbocycles. The minimum absolute atomic E-state index is 0.131. The standard InChI is InChI=1S/C34H36N4O5/c1-33(36-31(40)21-15-23-22-10-6-11-25-28(22)20(17-35-25)16-26(23)37(2)18-21)30(39)29-24(14-19-8-4-3-5-9-19)32(41)38-13-7-12-27(38)34(29,42)43-33/h3-6,8-11,15,17,21,24,26-27,29,35,42H,7,12-14,16,18H2,1-2H3,(H,36,40)/t21-,24-,26-,27?,29?,33-,34+/m1/s1. The molecule has 222 valence electrons. The summed E-state index contributed by atoms with van der Waals surface area (Å²) in [7, 11) is 2.03. The van der Waals surface area contributed by atoms with Gasteiger partial charge in [-0.05, 0) is 68.0 Å². The van der Waals surface area contributed by atoms with Crippen LogP contribution in [-0.4, -0.2) is 81.2 Å². The molecule has 9 heteroatoms. The number of carbonyl (C=O) groups excluding carboxylic acids is 3. The number of amides is 2. The number of benzene rings is 2. The van der Waals surface area contributed by atoms with E-state index in [0.717, 1.165) is 35.1 Å². The van der Waals surface area contributed by atoms with E-state index >= 15 is 0 Å². The molecule has 0 bridgehead atoms. The van der Waals surface area contributed by atoms with Crippen molar-refractivity contribution < 1.29 is 24.2 Å². The molecule has 8 rings (SSSR count). The van der Waals surface area contributed by atoms with Crippen molar-refractivity contribution in [2.24, 2.45) is 17.8 Å². The SMILES string of the molecule is CN1C[C@H](C(=O)N[C@]2(C)O[C@]3(O)C(C2=O)[C@@H](Cc2ccccc2)C(=O)N2CCCC23)C=C2c3cccc4[nH]cc(c34)C[C@H]21. The summed E-state index contributed by atoms with van der Waals surface area (Å²) in [5.74, 6) is -5.18. The van der Waals surface area contributed by atoms with Crippen LogP contribution in [0.2, 0.25) is 0 Å². The van der Waals surface area contributed by atoms with Gasteiger partial charge in [0.1, 0.15) is 0 Å². The Hall–Kier alpha value is -3.79. The summed E-state index contributed by atoms with van der Waals surface area (Å²) in [6.07, 6.45) is 6.55. The van der Waals surface area contributed by atoms with Gasteiger partial charge in [-0.15, -0.1) is 0 Å². The van der Waals surface area contributed by atoms with Crippen LogP contribution in [0.3, 0.4) is 0 Å². The monoisotopic (exact) mass is 580 g/mol. The summed E-state index contributed by atoms with van der Waals surface area (Å²) in [4.78, 5) is 49.2. The Morgan fingerprint density at radius 3 is 2.79 bits per heavy atom. The van der Waals surface area contributed by atoms with Crippen molar-refractivity contribution >= 4 is 34.1 Å². The van der Waals surface area contributed by atoms with Gasteiger partial charge in [0.2, 0.25) is 17.5 Å². The van der Waals surface area contributed by atoms with E-state index in [4.69, 9.17) is 4.74 Å². The molecule has 0 spiro atoms. The van der Waals surface area contributed by atoms with Gasteiger partial charge in [-0.25, -0.2) is 0 Å². The molecule has 1 aliphatic carbocycles. The number of aromatic amines is 1. The Morgan fingerprint density at radius 1 is 1.16 bits per heavy atom. The molecule has 9 nitrogen and oxygen atoms in total. The molecule has 1 aromatic heterocycles. The smallest absolute Gasteiger partial charge is 0.230 e. The van der Waals surface area contributed by atoms with Gasteiger partial charge in [0.15, 0.2) is 11.6 Å². The Kier molecular flexibility index (Phi) is 5.83. The van der Waals surface area contributed by atoms with E-state index in [1.165, 1.54) is 17.9 Å². The van der Waals surface area contributed by atoms with Crippen LogP contribution >= 0.6 is 0 Å². The topological polar surface area (TPSA) is 115 Å². The number of piperidine rings is 1. The van der Waals surface area contributed by atoms with E-state index in [0.29, 0.717) is 25.9 Å². The summed E-state index contributed by atoms with van der Waals surface area (Å²) >= 11 is 0. The summed E-state index contributed by atoms with van der Waals surface area (Å²) in [6, 6.07) is 15.3. The van der Waals surface area contributed by atoms with Gasteiger partial charge in [0, 0.05) is 36.2 Å². The first kappa shape index (κ1) is 26.8. The van der Waals surface area contributed by atoms with Crippen molar-refractivity contribution in [1.82, 2.24) is 20.1 Å². The molecule has 43 heavy (non-hydrogen) atoms. The average molecular weight is 581 g/mol. The van der Waals surface area contributed by atoms with Crippen LogP contribution in [0, 0.1) is 17.8 Å². The molecule has 4 aliphatic heterocycles. The van der Waals surface area contributed by atoms with Gasteiger partial charge < -0.3 is 25.0 Å². The molecular weight excluding hydrogens is 544 g/mol. The highest BCUT2D eigenvalue weighted by Gasteiger charge is 2.71. The first-order valence-corrected chi connectivity index (χ1v) is 15.3.